The van der Waals surface area contributed by atoms with Gasteiger partial charge in [0, 0.05) is 45.5 Å². The molecule has 4 rings (SSSR count). The van der Waals surface area contributed by atoms with Crippen molar-refractivity contribution in [2.75, 3.05) is 32.7 Å². The van der Waals surface area contributed by atoms with E-state index in [9.17, 15) is 4.79 Å². The molecule has 4 heterocycles. The third kappa shape index (κ3) is 1.89. The van der Waals surface area contributed by atoms with Gasteiger partial charge in [-0.05, 0) is 6.92 Å². The molecule has 1 aromatic heterocycles. The molecule has 0 amide bonds. The van der Waals surface area contributed by atoms with Gasteiger partial charge in [0.25, 0.3) is 0 Å². The van der Waals surface area contributed by atoms with Gasteiger partial charge in [0.15, 0.2) is 5.78 Å². The molecule has 3 aliphatic heterocycles. The zero-order valence-corrected chi connectivity index (χ0v) is 10.2. The number of ketones is 1. The van der Waals surface area contributed by atoms with Gasteiger partial charge in [0.1, 0.15) is 0 Å². The summed E-state index contributed by atoms with van der Waals surface area (Å²) >= 11 is 0. The third-order valence-electron chi connectivity index (χ3n) is 3.82. The maximum atomic E-state index is 12.4. The van der Waals surface area contributed by atoms with Crippen molar-refractivity contribution in [2.24, 2.45) is 0 Å². The standard InChI is InChI=1S/C12H18N4O/c1-2-16-8-10(7-13-16)12(17)11-9-14-3-5-15(11)6-4-14/h7-8,11H,2-6,9H2,1H3. The number of fused-ring (bicyclic) bond motifs is 3. The largest absolute Gasteiger partial charge is 0.299 e. The lowest BCUT2D eigenvalue weighted by Crippen LogP contribution is -2.63. The Bertz CT molecular complexity index is 420. The first-order valence-corrected chi connectivity index (χ1v) is 6.31. The Labute approximate surface area is 101 Å². The molecule has 92 valence electrons. The molecule has 0 spiro atoms. The van der Waals surface area contributed by atoms with Gasteiger partial charge in [-0.3, -0.25) is 19.3 Å². The minimum absolute atomic E-state index is 0.0482. The number of carbonyl (C=O) groups excluding carboxylic acids is 1. The molecule has 17 heavy (non-hydrogen) atoms. The van der Waals surface area contributed by atoms with Crippen LogP contribution in [0.3, 0.4) is 0 Å². The Balaban J connectivity index is 1.77. The van der Waals surface area contributed by atoms with Crippen LogP contribution in [-0.4, -0.2) is 64.1 Å². The number of piperazine rings is 3. The normalized spacial score (nSPS) is 31.7. The number of rotatable bonds is 3. The molecule has 5 heteroatoms. The highest BCUT2D eigenvalue weighted by Gasteiger charge is 2.36. The molecular formula is C12H18N4O. The van der Waals surface area contributed by atoms with E-state index in [1.54, 1.807) is 6.20 Å². The first-order chi connectivity index (χ1) is 8.28. The van der Waals surface area contributed by atoms with E-state index >= 15 is 0 Å². The van der Waals surface area contributed by atoms with Gasteiger partial charge in [0.2, 0.25) is 0 Å². The fraction of sp³-hybridized carbons (Fsp3) is 0.667. The second-order valence-electron chi connectivity index (χ2n) is 4.80. The van der Waals surface area contributed by atoms with Crippen molar-refractivity contribution in [2.45, 2.75) is 19.5 Å². The molecule has 0 radical (unpaired) electrons. The fourth-order valence-electron chi connectivity index (χ4n) is 2.72. The number of hydrogen-bond acceptors (Lipinski definition) is 4. The summed E-state index contributed by atoms with van der Waals surface area (Å²) in [6.45, 7) is 8.00. The maximum Gasteiger partial charge on any atom is 0.184 e. The molecule has 1 unspecified atom stereocenters. The number of aromatic nitrogens is 2. The first kappa shape index (κ1) is 10.9. The lowest BCUT2D eigenvalue weighted by Gasteiger charge is -2.46. The Hall–Kier alpha value is -1.20. The van der Waals surface area contributed by atoms with Gasteiger partial charge in [-0.1, -0.05) is 0 Å². The van der Waals surface area contributed by atoms with Crippen LogP contribution in [0.2, 0.25) is 0 Å². The summed E-state index contributed by atoms with van der Waals surface area (Å²) in [7, 11) is 0. The summed E-state index contributed by atoms with van der Waals surface area (Å²) in [5, 5.41) is 4.18. The summed E-state index contributed by atoms with van der Waals surface area (Å²) in [5.74, 6) is 0.231. The average Bonchev–Trinajstić information content (AvgIpc) is 2.88. The van der Waals surface area contributed by atoms with Crippen molar-refractivity contribution in [3.8, 4) is 0 Å². The van der Waals surface area contributed by atoms with E-state index in [1.807, 2.05) is 17.8 Å². The van der Waals surface area contributed by atoms with Crippen LogP contribution >= 0.6 is 0 Å². The van der Waals surface area contributed by atoms with Gasteiger partial charge in [-0.15, -0.1) is 0 Å². The van der Waals surface area contributed by atoms with Crippen molar-refractivity contribution in [1.29, 1.82) is 0 Å². The molecule has 5 nitrogen and oxygen atoms in total. The molecule has 3 aliphatic rings. The van der Waals surface area contributed by atoms with Gasteiger partial charge in [-0.25, -0.2) is 0 Å². The second kappa shape index (κ2) is 4.23. The quantitative estimate of drug-likeness (QED) is 0.695. The number of Topliss-reactive ketones (excluding diaryl/α,β-unsaturated/α-hetero) is 1. The van der Waals surface area contributed by atoms with E-state index in [1.165, 1.54) is 0 Å². The van der Waals surface area contributed by atoms with Crippen molar-refractivity contribution in [3.05, 3.63) is 18.0 Å². The molecule has 0 aromatic carbocycles. The Kier molecular flexibility index (Phi) is 2.72. The molecule has 0 N–H and O–H groups in total. The summed E-state index contributed by atoms with van der Waals surface area (Å²) in [6, 6.07) is 0.0482. The van der Waals surface area contributed by atoms with Crippen molar-refractivity contribution < 1.29 is 4.79 Å². The monoisotopic (exact) mass is 234 g/mol. The molecule has 2 bridgehead atoms. The Morgan fingerprint density at radius 3 is 2.71 bits per heavy atom. The zero-order valence-electron chi connectivity index (χ0n) is 10.2. The first-order valence-electron chi connectivity index (χ1n) is 6.31. The topological polar surface area (TPSA) is 41.4 Å². The molecule has 0 aliphatic carbocycles. The summed E-state index contributed by atoms with van der Waals surface area (Å²) < 4.78 is 1.81. The number of carbonyl (C=O) groups is 1. The van der Waals surface area contributed by atoms with E-state index in [4.69, 9.17) is 0 Å². The highest BCUT2D eigenvalue weighted by atomic mass is 16.1. The lowest BCUT2D eigenvalue weighted by molar-refractivity contribution is 0.0159. The molecule has 3 fully saturated rings. The molecule has 1 atom stereocenters. The molecule has 1 aromatic rings. The summed E-state index contributed by atoms with van der Waals surface area (Å²) in [6.07, 6.45) is 3.56. The van der Waals surface area contributed by atoms with Crippen LogP contribution < -0.4 is 0 Å². The Morgan fingerprint density at radius 1 is 1.41 bits per heavy atom. The van der Waals surface area contributed by atoms with E-state index in [2.05, 4.69) is 14.9 Å². The van der Waals surface area contributed by atoms with Gasteiger partial charge >= 0.3 is 0 Å². The van der Waals surface area contributed by atoms with Crippen molar-refractivity contribution in [1.82, 2.24) is 19.6 Å². The van der Waals surface area contributed by atoms with Gasteiger partial charge in [-0.2, -0.15) is 5.10 Å². The molecular weight excluding hydrogens is 216 g/mol. The van der Waals surface area contributed by atoms with E-state index < -0.39 is 0 Å². The number of nitrogens with zero attached hydrogens (tertiary/aromatic N) is 4. The van der Waals surface area contributed by atoms with Crippen LogP contribution in [0, 0.1) is 0 Å². The zero-order chi connectivity index (χ0) is 11.8. The number of hydrogen-bond donors (Lipinski definition) is 0. The highest BCUT2D eigenvalue weighted by Crippen LogP contribution is 2.19. The van der Waals surface area contributed by atoms with Crippen LogP contribution in [0.4, 0.5) is 0 Å². The van der Waals surface area contributed by atoms with Crippen molar-refractivity contribution >= 4 is 5.78 Å². The predicted octanol–water partition coefficient (Wildman–Crippen LogP) is 0.0855. The Morgan fingerprint density at radius 2 is 2.18 bits per heavy atom. The van der Waals surface area contributed by atoms with Crippen LogP contribution in [0.25, 0.3) is 0 Å². The minimum atomic E-state index is 0.0482. The van der Waals surface area contributed by atoms with Gasteiger partial charge < -0.3 is 0 Å². The van der Waals surface area contributed by atoms with Crippen LogP contribution in [-0.2, 0) is 6.54 Å². The van der Waals surface area contributed by atoms with Crippen LogP contribution in [0.5, 0.6) is 0 Å². The van der Waals surface area contributed by atoms with Crippen LogP contribution in [0.1, 0.15) is 17.3 Å². The average molecular weight is 234 g/mol. The van der Waals surface area contributed by atoms with E-state index in [0.717, 1.165) is 44.8 Å². The third-order valence-corrected chi connectivity index (χ3v) is 3.82. The van der Waals surface area contributed by atoms with Crippen LogP contribution in [0.15, 0.2) is 12.4 Å². The van der Waals surface area contributed by atoms with E-state index in [0.29, 0.717) is 0 Å². The highest BCUT2D eigenvalue weighted by molar-refractivity contribution is 6.00. The van der Waals surface area contributed by atoms with E-state index in [-0.39, 0.29) is 11.8 Å². The maximum absolute atomic E-state index is 12.4. The molecule has 3 saturated heterocycles. The second-order valence-corrected chi connectivity index (χ2v) is 4.80. The van der Waals surface area contributed by atoms with Crippen molar-refractivity contribution in [3.63, 3.8) is 0 Å². The summed E-state index contributed by atoms with van der Waals surface area (Å²) in [5.41, 5.74) is 0.755. The number of aryl methyl sites for hydroxylation is 1. The SMILES string of the molecule is CCn1cc(C(=O)C2CN3CCN2CC3)cn1. The summed E-state index contributed by atoms with van der Waals surface area (Å²) in [4.78, 5) is 17.1. The fourth-order valence-corrected chi connectivity index (χ4v) is 2.72. The lowest BCUT2D eigenvalue weighted by atomic mass is 10.0. The minimum Gasteiger partial charge on any atom is -0.299 e. The predicted molar refractivity (Wildman–Crippen MR) is 64.0 cm³/mol. The van der Waals surface area contributed by atoms with Gasteiger partial charge in [0.05, 0.1) is 17.8 Å². The smallest absolute Gasteiger partial charge is 0.184 e. The molecule has 0 saturated carbocycles.